The lowest BCUT2D eigenvalue weighted by Gasteiger charge is -2.10. The molecule has 0 aliphatic rings. The Balaban J connectivity index is 2.34. The van der Waals surface area contributed by atoms with Crippen LogP contribution in [-0.2, 0) is 0 Å². The molecule has 0 bridgehead atoms. The van der Waals surface area contributed by atoms with Crippen LogP contribution >= 0.6 is 11.6 Å². The molecule has 0 saturated carbocycles. The normalized spacial score (nSPS) is 10.0. The number of ether oxygens (including phenoxy) is 1. The van der Waals surface area contributed by atoms with Crippen LogP contribution in [0.15, 0.2) is 36.5 Å². The summed E-state index contributed by atoms with van der Waals surface area (Å²) in [6.45, 7) is 0. The van der Waals surface area contributed by atoms with Gasteiger partial charge in [-0.15, -0.1) is 0 Å². The predicted octanol–water partition coefficient (Wildman–Crippen LogP) is 3.19. The van der Waals surface area contributed by atoms with Crippen LogP contribution in [-0.4, -0.2) is 23.2 Å². The summed E-state index contributed by atoms with van der Waals surface area (Å²) in [6, 6.07) is 8.09. The van der Waals surface area contributed by atoms with Crippen LogP contribution in [0.25, 0.3) is 0 Å². The van der Waals surface area contributed by atoms with E-state index in [0.29, 0.717) is 16.5 Å². The molecule has 0 fully saturated rings. The van der Waals surface area contributed by atoms with Gasteiger partial charge in [0.05, 0.1) is 12.1 Å². The van der Waals surface area contributed by atoms with Gasteiger partial charge in [-0.05, 0) is 24.3 Å². The maximum Gasteiger partial charge on any atom is 0.339 e. The van der Waals surface area contributed by atoms with Crippen LogP contribution in [0.3, 0.4) is 0 Å². The maximum absolute atomic E-state index is 11.1. The van der Waals surface area contributed by atoms with E-state index in [2.05, 4.69) is 10.3 Å². The summed E-state index contributed by atoms with van der Waals surface area (Å²) in [7, 11) is 1.51. The Labute approximate surface area is 114 Å². The summed E-state index contributed by atoms with van der Waals surface area (Å²) < 4.78 is 5.09. The van der Waals surface area contributed by atoms with Gasteiger partial charge >= 0.3 is 5.97 Å². The highest BCUT2D eigenvalue weighted by molar-refractivity contribution is 6.32. The Morgan fingerprint density at radius 1 is 1.42 bits per heavy atom. The number of rotatable bonds is 4. The minimum atomic E-state index is -1.04. The molecule has 0 saturated heterocycles. The zero-order chi connectivity index (χ0) is 13.8. The predicted molar refractivity (Wildman–Crippen MR) is 72.5 cm³/mol. The number of methoxy groups -OCH3 is 1. The molecule has 2 rings (SSSR count). The first kappa shape index (κ1) is 13.2. The smallest absolute Gasteiger partial charge is 0.339 e. The van der Waals surface area contributed by atoms with Crippen molar-refractivity contribution in [3.05, 3.63) is 47.1 Å². The fourth-order valence-electron chi connectivity index (χ4n) is 1.55. The van der Waals surface area contributed by atoms with Crippen molar-refractivity contribution in [3.8, 4) is 5.75 Å². The fraction of sp³-hybridized carbons (Fsp3) is 0.0769. The van der Waals surface area contributed by atoms with E-state index >= 15 is 0 Å². The van der Waals surface area contributed by atoms with Crippen molar-refractivity contribution in [2.24, 2.45) is 0 Å². The van der Waals surface area contributed by atoms with Gasteiger partial charge in [0.25, 0.3) is 0 Å². The zero-order valence-electron chi connectivity index (χ0n) is 10.1. The highest BCUT2D eigenvalue weighted by atomic mass is 35.5. The van der Waals surface area contributed by atoms with E-state index in [1.807, 2.05) is 0 Å². The number of halogens is 1. The van der Waals surface area contributed by atoms with Crippen molar-refractivity contribution in [1.82, 2.24) is 4.98 Å². The number of carboxylic acid groups (broad SMARTS) is 1. The third kappa shape index (κ3) is 2.95. The number of hydrogen-bond donors (Lipinski definition) is 2. The number of carbonyl (C=O) groups is 1. The minimum absolute atomic E-state index is 0.0939. The van der Waals surface area contributed by atoms with Crippen molar-refractivity contribution in [1.29, 1.82) is 0 Å². The third-order valence-electron chi connectivity index (χ3n) is 2.45. The molecule has 98 valence electrons. The van der Waals surface area contributed by atoms with Crippen LogP contribution in [0.4, 0.5) is 11.5 Å². The molecule has 0 amide bonds. The molecule has 0 spiro atoms. The molecule has 5 nitrogen and oxygen atoms in total. The third-order valence-corrected chi connectivity index (χ3v) is 2.76. The van der Waals surface area contributed by atoms with Crippen LogP contribution < -0.4 is 10.1 Å². The molecular weight excluding hydrogens is 268 g/mol. The Kier molecular flexibility index (Phi) is 3.87. The Morgan fingerprint density at radius 2 is 2.21 bits per heavy atom. The molecule has 2 aromatic rings. The van der Waals surface area contributed by atoms with Crippen LogP contribution in [0.1, 0.15) is 10.4 Å². The molecule has 1 aromatic heterocycles. The number of pyridine rings is 1. The Morgan fingerprint density at radius 3 is 2.89 bits per heavy atom. The second kappa shape index (κ2) is 5.58. The van der Waals surface area contributed by atoms with Gasteiger partial charge in [-0.1, -0.05) is 11.6 Å². The van der Waals surface area contributed by atoms with E-state index in [-0.39, 0.29) is 11.4 Å². The molecule has 2 N–H and O–H groups in total. The van der Waals surface area contributed by atoms with Crippen LogP contribution in [0.2, 0.25) is 5.02 Å². The number of carboxylic acids is 1. The highest BCUT2D eigenvalue weighted by Gasteiger charge is 2.11. The van der Waals surface area contributed by atoms with Gasteiger partial charge in [-0.2, -0.15) is 0 Å². The van der Waals surface area contributed by atoms with E-state index in [9.17, 15) is 4.79 Å². The summed E-state index contributed by atoms with van der Waals surface area (Å²) in [5.41, 5.74) is 0.735. The van der Waals surface area contributed by atoms with Crippen LogP contribution in [0, 0.1) is 0 Å². The number of anilines is 2. The number of aromatic nitrogens is 1. The van der Waals surface area contributed by atoms with E-state index in [1.165, 1.54) is 19.4 Å². The molecule has 0 unspecified atom stereocenters. The second-order valence-corrected chi connectivity index (χ2v) is 4.09. The summed E-state index contributed by atoms with van der Waals surface area (Å²) in [6.07, 6.45) is 1.52. The minimum Gasteiger partial charge on any atom is -0.495 e. The average Bonchev–Trinajstić information content (AvgIpc) is 2.41. The monoisotopic (exact) mass is 278 g/mol. The van der Waals surface area contributed by atoms with Gasteiger partial charge in [0, 0.05) is 18.0 Å². The first-order chi connectivity index (χ1) is 9.11. The van der Waals surface area contributed by atoms with Crippen molar-refractivity contribution in [2.45, 2.75) is 0 Å². The summed E-state index contributed by atoms with van der Waals surface area (Å²) in [4.78, 5) is 15.1. The quantitative estimate of drug-likeness (QED) is 0.899. The van der Waals surface area contributed by atoms with E-state index in [4.69, 9.17) is 21.4 Å². The first-order valence-electron chi connectivity index (χ1n) is 5.40. The van der Waals surface area contributed by atoms with Gasteiger partial charge in [0.15, 0.2) is 0 Å². The van der Waals surface area contributed by atoms with Gasteiger partial charge < -0.3 is 15.2 Å². The molecule has 19 heavy (non-hydrogen) atoms. The molecular formula is C13H11ClN2O3. The summed E-state index contributed by atoms with van der Waals surface area (Å²) >= 11 is 5.92. The topological polar surface area (TPSA) is 71.5 Å². The van der Waals surface area contributed by atoms with E-state index in [0.717, 1.165) is 0 Å². The first-order valence-corrected chi connectivity index (χ1v) is 5.78. The molecule has 0 atom stereocenters. The van der Waals surface area contributed by atoms with Gasteiger partial charge in [0.1, 0.15) is 17.1 Å². The number of benzene rings is 1. The van der Waals surface area contributed by atoms with Crippen molar-refractivity contribution < 1.29 is 14.6 Å². The van der Waals surface area contributed by atoms with E-state index in [1.54, 1.807) is 24.3 Å². The molecule has 1 aromatic carbocycles. The SMILES string of the molecule is COc1cc(Nc2ncccc2C(=O)O)ccc1Cl. The second-order valence-electron chi connectivity index (χ2n) is 3.68. The Hall–Kier alpha value is -2.27. The van der Waals surface area contributed by atoms with Crippen molar-refractivity contribution in [2.75, 3.05) is 12.4 Å². The maximum atomic E-state index is 11.1. The lowest BCUT2D eigenvalue weighted by Crippen LogP contribution is -2.04. The molecule has 0 aliphatic carbocycles. The lowest BCUT2D eigenvalue weighted by atomic mass is 10.2. The molecule has 0 aliphatic heterocycles. The van der Waals surface area contributed by atoms with E-state index < -0.39 is 5.97 Å². The number of nitrogens with zero attached hydrogens (tertiary/aromatic N) is 1. The van der Waals surface area contributed by atoms with Gasteiger partial charge in [-0.3, -0.25) is 0 Å². The largest absolute Gasteiger partial charge is 0.495 e. The molecule has 6 heteroatoms. The number of nitrogens with one attached hydrogen (secondary N) is 1. The highest BCUT2D eigenvalue weighted by Crippen LogP contribution is 2.29. The van der Waals surface area contributed by atoms with Crippen molar-refractivity contribution in [3.63, 3.8) is 0 Å². The fourth-order valence-corrected chi connectivity index (χ4v) is 1.75. The Bertz CT molecular complexity index is 617. The zero-order valence-corrected chi connectivity index (χ0v) is 10.8. The van der Waals surface area contributed by atoms with Crippen LogP contribution in [0.5, 0.6) is 5.75 Å². The summed E-state index contributed by atoms with van der Waals surface area (Å²) in [5.74, 6) is -0.282. The lowest BCUT2D eigenvalue weighted by molar-refractivity contribution is 0.0697. The molecule has 0 radical (unpaired) electrons. The van der Waals surface area contributed by atoms with Crippen molar-refractivity contribution >= 4 is 29.1 Å². The summed E-state index contributed by atoms with van der Waals surface area (Å²) in [5, 5.41) is 12.5. The number of aromatic carboxylic acids is 1. The van der Waals surface area contributed by atoms with Gasteiger partial charge in [-0.25, -0.2) is 9.78 Å². The molecule has 1 heterocycles. The standard InChI is InChI=1S/C13H11ClN2O3/c1-19-11-7-8(4-5-10(11)14)16-12-9(13(17)18)3-2-6-15-12/h2-7H,1H3,(H,15,16)(H,17,18). The van der Waals surface area contributed by atoms with Gasteiger partial charge in [0.2, 0.25) is 0 Å². The average molecular weight is 279 g/mol. The number of hydrogen-bond acceptors (Lipinski definition) is 4.